The lowest BCUT2D eigenvalue weighted by Gasteiger charge is -2.29. The van der Waals surface area contributed by atoms with Crippen molar-refractivity contribution in [3.63, 3.8) is 0 Å². The predicted octanol–water partition coefficient (Wildman–Crippen LogP) is 11.4. The summed E-state index contributed by atoms with van der Waals surface area (Å²) in [4.78, 5) is 11.9. The zero-order valence-electron chi connectivity index (χ0n) is 25.6. The minimum atomic E-state index is -4.93. The molecular formula is C33H22F6N6S4. The van der Waals surface area contributed by atoms with Crippen molar-refractivity contribution < 1.29 is 26.3 Å². The van der Waals surface area contributed by atoms with Gasteiger partial charge in [-0.15, -0.1) is 45.3 Å². The molecule has 6 nitrogen and oxygen atoms in total. The largest absolute Gasteiger partial charge is 0.419 e. The van der Waals surface area contributed by atoms with E-state index in [0.717, 1.165) is 69.5 Å². The van der Waals surface area contributed by atoms with E-state index in [9.17, 15) is 47.4 Å². The van der Waals surface area contributed by atoms with Gasteiger partial charge in [0.1, 0.15) is 56.6 Å². The van der Waals surface area contributed by atoms with Crippen molar-refractivity contribution in [1.82, 2.24) is 9.97 Å². The number of nitrogens with zero attached hydrogens (tertiary/aromatic N) is 6. The highest BCUT2D eigenvalue weighted by Crippen LogP contribution is 2.60. The zero-order valence-corrected chi connectivity index (χ0v) is 28.9. The monoisotopic (exact) mass is 744 g/mol. The van der Waals surface area contributed by atoms with Gasteiger partial charge in [-0.2, -0.15) is 47.4 Å². The summed E-state index contributed by atoms with van der Waals surface area (Å²) in [6.07, 6.45) is -5.10. The first-order chi connectivity index (χ1) is 23.3. The van der Waals surface area contributed by atoms with Crippen LogP contribution in [0.5, 0.6) is 0 Å². The third kappa shape index (κ3) is 6.54. The number of rotatable bonds is 10. The van der Waals surface area contributed by atoms with Gasteiger partial charge in [0, 0.05) is 9.75 Å². The highest BCUT2D eigenvalue weighted by atomic mass is 32.1. The Morgan fingerprint density at radius 2 is 1.00 bits per heavy atom. The van der Waals surface area contributed by atoms with Gasteiger partial charge in [0.2, 0.25) is 0 Å². The van der Waals surface area contributed by atoms with Crippen LogP contribution in [0.3, 0.4) is 0 Å². The van der Waals surface area contributed by atoms with Crippen LogP contribution < -0.4 is 0 Å². The first kappa shape index (κ1) is 36.0. The zero-order chi connectivity index (χ0) is 35.7. The molecule has 1 aliphatic carbocycles. The minimum absolute atomic E-state index is 0.281. The average Bonchev–Trinajstić information content (AvgIpc) is 3.88. The van der Waals surface area contributed by atoms with Gasteiger partial charge in [-0.25, -0.2) is 9.97 Å². The molecule has 0 aliphatic heterocycles. The van der Waals surface area contributed by atoms with E-state index in [2.05, 4.69) is 13.8 Å². The van der Waals surface area contributed by atoms with Gasteiger partial charge in [-0.05, 0) is 37.1 Å². The van der Waals surface area contributed by atoms with Gasteiger partial charge in [0.05, 0.1) is 36.3 Å². The van der Waals surface area contributed by atoms with E-state index < -0.39 is 40.1 Å². The molecule has 0 spiro atoms. The standard InChI is InChI=1S/C33H22F6N6S4/c1-3-5-11-31(12-6-4-2)27-25(48-29(44-27)21-9-7-19(46-21)23(32(34,35)36)17(13-40)14-41)26-28(31)45-30(49-26)22-10-8-20(47-22)24(33(37,38)39)18(15-42)16-43/h7-10H,3-6,11-12H2,1-2H3. The van der Waals surface area contributed by atoms with Crippen LogP contribution in [0.2, 0.25) is 0 Å². The summed E-state index contributed by atoms with van der Waals surface area (Å²) in [5.41, 5.74) is -3.76. The van der Waals surface area contributed by atoms with E-state index in [1.165, 1.54) is 71.2 Å². The number of fused-ring (bicyclic) bond motifs is 3. The lowest BCUT2D eigenvalue weighted by Crippen LogP contribution is -2.27. The Kier molecular flexibility index (Phi) is 10.2. The van der Waals surface area contributed by atoms with Gasteiger partial charge >= 0.3 is 12.4 Å². The molecule has 16 heteroatoms. The van der Waals surface area contributed by atoms with Crippen molar-refractivity contribution in [2.45, 2.75) is 70.1 Å². The van der Waals surface area contributed by atoms with E-state index in [1.807, 2.05) is 0 Å². The summed E-state index contributed by atoms with van der Waals surface area (Å²) in [5.74, 6) is 0. The number of halogens is 6. The summed E-state index contributed by atoms with van der Waals surface area (Å²) in [6.45, 7) is 4.10. The first-order valence-corrected chi connectivity index (χ1v) is 18.0. The number of thiophene rings is 2. The Morgan fingerprint density at radius 1 is 0.633 bits per heavy atom. The van der Waals surface area contributed by atoms with Crippen molar-refractivity contribution in [3.8, 4) is 53.8 Å². The van der Waals surface area contributed by atoms with Gasteiger partial charge in [-0.1, -0.05) is 39.5 Å². The maximum Gasteiger partial charge on any atom is 0.419 e. The van der Waals surface area contributed by atoms with E-state index >= 15 is 0 Å². The highest BCUT2D eigenvalue weighted by molar-refractivity contribution is 7.28. The van der Waals surface area contributed by atoms with Crippen LogP contribution in [0, 0.1) is 45.3 Å². The van der Waals surface area contributed by atoms with E-state index in [4.69, 9.17) is 9.97 Å². The Balaban J connectivity index is 1.66. The summed E-state index contributed by atoms with van der Waals surface area (Å²) in [7, 11) is 0. The van der Waals surface area contributed by atoms with Crippen molar-refractivity contribution in [1.29, 1.82) is 21.0 Å². The van der Waals surface area contributed by atoms with Crippen LogP contribution in [0.4, 0.5) is 26.3 Å². The van der Waals surface area contributed by atoms with Crippen molar-refractivity contribution in [3.05, 3.63) is 56.6 Å². The topological polar surface area (TPSA) is 121 Å². The molecule has 250 valence electrons. The van der Waals surface area contributed by atoms with Crippen LogP contribution in [0.1, 0.15) is 73.5 Å². The number of thiazole rings is 2. The molecule has 0 saturated heterocycles. The maximum absolute atomic E-state index is 13.9. The molecule has 0 aromatic carbocycles. The molecule has 0 N–H and O–H groups in total. The second-order valence-corrected chi connectivity index (χ2v) is 15.1. The molecule has 0 atom stereocenters. The van der Waals surface area contributed by atoms with Crippen LogP contribution in [-0.2, 0) is 5.41 Å². The van der Waals surface area contributed by atoms with Gasteiger partial charge in [0.15, 0.2) is 0 Å². The first-order valence-electron chi connectivity index (χ1n) is 14.7. The summed E-state index contributed by atoms with van der Waals surface area (Å²) < 4.78 is 83.6. The lowest BCUT2D eigenvalue weighted by atomic mass is 9.75. The molecule has 0 unspecified atom stereocenters. The molecule has 4 heterocycles. The molecule has 49 heavy (non-hydrogen) atoms. The number of aromatic nitrogens is 2. The second kappa shape index (κ2) is 13.9. The molecule has 4 aromatic heterocycles. The maximum atomic E-state index is 13.9. The third-order valence-corrected chi connectivity index (χ3v) is 12.7. The number of hydrogen-bond donors (Lipinski definition) is 0. The SMILES string of the molecule is CCCCC1(CCCC)c2nc(-c3ccc(C(=C(C#N)C#N)C(F)(F)F)s3)sc2-c2sc(-c3ccc(C(=C(C#N)C#N)C(F)(F)F)s3)nc21. The van der Waals surface area contributed by atoms with Gasteiger partial charge < -0.3 is 0 Å². The van der Waals surface area contributed by atoms with Crippen LogP contribution in [0.15, 0.2) is 35.4 Å². The second-order valence-electron chi connectivity index (χ2n) is 11.0. The Labute approximate surface area is 293 Å². The fourth-order valence-corrected chi connectivity index (χ4v) is 10.5. The van der Waals surface area contributed by atoms with E-state index in [1.54, 1.807) is 0 Å². The Hall–Kier alpha value is -4.32. The number of alkyl halides is 6. The smallest absolute Gasteiger partial charge is 0.239 e. The fourth-order valence-electron chi connectivity index (χ4n) is 5.73. The number of unbranched alkanes of at least 4 members (excludes halogenated alkanes) is 2. The Bertz CT molecular complexity index is 1960. The molecule has 0 radical (unpaired) electrons. The molecule has 1 aliphatic rings. The fraction of sp³-hybridized carbons (Fsp3) is 0.333. The normalized spacial score (nSPS) is 13.1. The molecule has 5 rings (SSSR count). The number of nitriles is 4. The number of allylic oxidation sites excluding steroid dienone is 4. The molecule has 0 saturated carbocycles. The molecule has 4 aromatic rings. The van der Waals surface area contributed by atoms with Crippen molar-refractivity contribution in [2.24, 2.45) is 0 Å². The molecule has 0 fully saturated rings. The third-order valence-electron chi connectivity index (χ3n) is 7.92. The Morgan fingerprint density at radius 3 is 1.31 bits per heavy atom. The predicted molar refractivity (Wildman–Crippen MR) is 178 cm³/mol. The summed E-state index contributed by atoms with van der Waals surface area (Å²) >= 11 is 4.15. The van der Waals surface area contributed by atoms with Crippen LogP contribution >= 0.6 is 45.3 Å². The number of hydrogen-bond acceptors (Lipinski definition) is 10. The summed E-state index contributed by atoms with van der Waals surface area (Å²) in [5, 5.41) is 37.7. The summed E-state index contributed by atoms with van der Waals surface area (Å²) in [6, 6.07) is 10.8. The quantitative estimate of drug-likeness (QED) is 0.118. The minimum Gasteiger partial charge on any atom is -0.239 e. The lowest BCUT2D eigenvalue weighted by molar-refractivity contribution is -0.0698. The van der Waals surface area contributed by atoms with Crippen LogP contribution in [0.25, 0.3) is 40.7 Å². The van der Waals surface area contributed by atoms with E-state index in [-0.39, 0.29) is 9.75 Å². The van der Waals surface area contributed by atoms with E-state index in [0.29, 0.717) is 32.6 Å². The average molecular weight is 745 g/mol. The van der Waals surface area contributed by atoms with Crippen molar-refractivity contribution >= 4 is 56.5 Å². The molecule has 0 amide bonds. The molecular weight excluding hydrogens is 723 g/mol. The van der Waals surface area contributed by atoms with Crippen LogP contribution in [-0.4, -0.2) is 22.3 Å². The van der Waals surface area contributed by atoms with Gasteiger partial charge in [0.25, 0.3) is 0 Å². The highest BCUT2D eigenvalue weighted by Gasteiger charge is 2.49. The van der Waals surface area contributed by atoms with Gasteiger partial charge in [-0.3, -0.25) is 0 Å². The van der Waals surface area contributed by atoms with Crippen molar-refractivity contribution in [2.75, 3.05) is 0 Å². The molecule has 0 bridgehead atoms.